The molecule has 0 atom stereocenters. The molecule has 1 aromatic rings. The third-order valence-electron chi connectivity index (χ3n) is 1.70. The van der Waals surface area contributed by atoms with E-state index in [1.54, 1.807) is 0 Å². The number of aliphatic carboxylic acids is 1. The number of rotatable bonds is 4. The van der Waals surface area contributed by atoms with Crippen LogP contribution in [0.1, 0.15) is 0 Å². The van der Waals surface area contributed by atoms with E-state index in [1.165, 1.54) is 4.72 Å². The Labute approximate surface area is 93.9 Å². The van der Waals surface area contributed by atoms with E-state index in [4.69, 9.17) is 0 Å². The maximum atomic E-state index is 13.1. The Hall–Kier alpha value is -1.61. The van der Waals surface area contributed by atoms with Crippen molar-refractivity contribution in [2.45, 2.75) is 4.90 Å². The van der Waals surface area contributed by atoms with Crippen molar-refractivity contribution in [3.8, 4) is 0 Å². The predicted octanol–water partition coefficient (Wildman–Crippen LogP) is -0.868. The Balaban J connectivity index is 3.16. The molecule has 0 fully saturated rings. The standard InChI is InChI=1S/C8H6F3NO4S/c9-4-1-2-5(8(11)7(4)10)17(15,16)12-3-6(13)14/h1-2,12H,3H2,(H,13,14)/p-1. The second-order valence-electron chi connectivity index (χ2n) is 2.87. The van der Waals surface area contributed by atoms with Crippen LogP contribution in [-0.2, 0) is 14.8 Å². The molecule has 0 aliphatic heterocycles. The molecule has 1 N–H and O–H groups in total. The lowest BCUT2D eigenvalue weighted by molar-refractivity contribution is -0.303. The molecule has 0 saturated carbocycles. The topological polar surface area (TPSA) is 86.3 Å². The Morgan fingerprint density at radius 1 is 1.24 bits per heavy atom. The fourth-order valence-electron chi connectivity index (χ4n) is 0.947. The zero-order valence-corrected chi connectivity index (χ0v) is 8.85. The summed E-state index contributed by atoms with van der Waals surface area (Å²) in [6.45, 7) is -1.11. The number of halogens is 3. The van der Waals surface area contributed by atoms with Crippen LogP contribution in [-0.4, -0.2) is 20.9 Å². The van der Waals surface area contributed by atoms with Crippen molar-refractivity contribution in [2.75, 3.05) is 6.54 Å². The highest BCUT2D eigenvalue weighted by atomic mass is 32.2. The first-order chi connectivity index (χ1) is 7.75. The molecule has 0 unspecified atom stereocenters. The van der Waals surface area contributed by atoms with E-state index in [0.717, 1.165) is 0 Å². The maximum absolute atomic E-state index is 13.1. The zero-order valence-electron chi connectivity index (χ0n) is 8.04. The van der Waals surface area contributed by atoms with Crippen LogP contribution >= 0.6 is 0 Å². The summed E-state index contributed by atoms with van der Waals surface area (Å²) >= 11 is 0. The van der Waals surface area contributed by atoms with E-state index in [-0.39, 0.29) is 0 Å². The molecule has 0 radical (unpaired) electrons. The van der Waals surface area contributed by atoms with Gasteiger partial charge in [0.15, 0.2) is 17.5 Å². The molecule has 5 nitrogen and oxygen atoms in total. The first kappa shape index (κ1) is 13.5. The summed E-state index contributed by atoms with van der Waals surface area (Å²) < 4.78 is 62.4. The average molecular weight is 268 g/mol. The molecule has 0 bridgehead atoms. The quantitative estimate of drug-likeness (QED) is 0.719. The van der Waals surface area contributed by atoms with Gasteiger partial charge in [-0.15, -0.1) is 0 Å². The Morgan fingerprint density at radius 2 is 1.82 bits per heavy atom. The second kappa shape index (κ2) is 4.72. The first-order valence-electron chi connectivity index (χ1n) is 4.08. The van der Waals surface area contributed by atoms with Gasteiger partial charge in [-0.1, -0.05) is 0 Å². The number of hydrogen-bond acceptors (Lipinski definition) is 4. The van der Waals surface area contributed by atoms with E-state index in [0.29, 0.717) is 12.1 Å². The van der Waals surface area contributed by atoms with Gasteiger partial charge >= 0.3 is 0 Å². The number of carbonyl (C=O) groups is 1. The monoisotopic (exact) mass is 268 g/mol. The van der Waals surface area contributed by atoms with Gasteiger partial charge in [-0.05, 0) is 12.1 Å². The number of sulfonamides is 1. The minimum atomic E-state index is -4.58. The fraction of sp³-hybridized carbons (Fsp3) is 0.125. The number of nitrogens with one attached hydrogen (secondary N) is 1. The van der Waals surface area contributed by atoms with Crippen molar-refractivity contribution in [2.24, 2.45) is 0 Å². The van der Waals surface area contributed by atoms with Crippen molar-refractivity contribution in [1.29, 1.82) is 0 Å². The third-order valence-corrected chi connectivity index (χ3v) is 3.11. The maximum Gasteiger partial charge on any atom is 0.243 e. The van der Waals surface area contributed by atoms with Crippen LogP contribution < -0.4 is 9.83 Å². The van der Waals surface area contributed by atoms with Crippen LogP contribution in [0.25, 0.3) is 0 Å². The Kier molecular flexibility index (Phi) is 3.73. The van der Waals surface area contributed by atoms with E-state index in [1.807, 2.05) is 0 Å². The van der Waals surface area contributed by atoms with Gasteiger partial charge in [0.25, 0.3) is 0 Å². The van der Waals surface area contributed by atoms with E-state index >= 15 is 0 Å². The highest BCUT2D eigenvalue weighted by Crippen LogP contribution is 2.19. The molecule has 0 aliphatic carbocycles. The van der Waals surface area contributed by atoms with Crippen molar-refractivity contribution < 1.29 is 31.5 Å². The summed E-state index contributed by atoms with van der Waals surface area (Å²) in [7, 11) is -4.58. The fourth-order valence-corrected chi connectivity index (χ4v) is 1.98. The SMILES string of the molecule is O=C([O-])CNS(=O)(=O)c1ccc(F)c(F)c1F. The molecule has 0 aromatic heterocycles. The van der Waals surface area contributed by atoms with E-state index < -0.39 is 44.9 Å². The van der Waals surface area contributed by atoms with E-state index in [2.05, 4.69) is 0 Å². The smallest absolute Gasteiger partial charge is 0.243 e. The largest absolute Gasteiger partial charge is 0.549 e. The number of carboxylic acid groups (broad SMARTS) is 1. The molecule has 9 heteroatoms. The Bertz CT molecular complexity index is 558. The number of carboxylic acids is 1. The van der Waals surface area contributed by atoms with Crippen LogP contribution in [0.4, 0.5) is 13.2 Å². The summed E-state index contributed by atoms with van der Waals surface area (Å²) in [4.78, 5) is 8.83. The summed E-state index contributed by atoms with van der Waals surface area (Å²) in [5.41, 5.74) is 0. The van der Waals surface area contributed by atoms with Crippen LogP contribution in [0, 0.1) is 17.5 Å². The summed E-state index contributed by atoms with van der Waals surface area (Å²) in [6, 6.07) is 0.886. The molecule has 0 spiro atoms. The average Bonchev–Trinajstić information content (AvgIpc) is 2.23. The van der Waals surface area contributed by atoms with Crippen LogP contribution in [0.3, 0.4) is 0 Å². The van der Waals surface area contributed by atoms with Gasteiger partial charge in [0.05, 0.1) is 12.5 Å². The lowest BCUT2D eigenvalue weighted by atomic mass is 10.3. The highest BCUT2D eigenvalue weighted by molar-refractivity contribution is 7.89. The second-order valence-corrected chi connectivity index (χ2v) is 4.61. The molecule has 0 heterocycles. The van der Waals surface area contributed by atoms with Gasteiger partial charge in [-0.3, -0.25) is 0 Å². The van der Waals surface area contributed by atoms with Gasteiger partial charge in [-0.2, -0.15) is 0 Å². The molecule has 1 rings (SSSR count). The van der Waals surface area contributed by atoms with Crippen LogP contribution in [0.2, 0.25) is 0 Å². The minimum absolute atomic E-state index is 0.409. The number of hydrogen-bond donors (Lipinski definition) is 1. The lowest BCUT2D eigenvalue weighted by Gasteiger charge is -2.08. The lowest BCUT2D eigenvalue weighted by Crippen LogP contribution is -2.38. The molecule has 1 aromatic carbocycles. The molecular formula is C8H5F3NO4S-. The van der Waals surface area contributed by atoms with E-state index in [9.17, 15) is 31.5 Å². The van der Waals surface area contributed by atoms with Gasteiger partial charge in [0.1, 0.15) is 4.90 Å². The summed E-state index contributed by atoms with van der Waals surface area (Å²) in [5.74, 6) is -7.19. The third kappa shape index (κ3) is 2.94. The van der Waals surface area contributed by atoms with Gasteiger partial charge in [0.2, 0.25) is 10.0 Å². The molecular weight excluding hydrogens is 263 g/mol. The zero-order chi connectivity index (χ0) is 13.2. The molecule has 17 heavy (non-hydrogen) atoms. The van der Waals surface area contributed by atoms with Crippen LogP contribution in [0.15, 0.2) is 17.0 Å². The van der Waals surface area contributed by atoms with Gasteiger partial charge in [0, 0.05) is 0 Å². The molecule has 94 valence electrons. The minimum Gasteiger partial charge on any atom is -0.549 e. The molecule has 0 aliphatic rings. The predicted molar refractivity (Wildman–Crippen MR) is 46.5 cm³/mol. The van der Waals surface area contributed by atoms with Crippen LogP contribution in [0.5, 0.6) is 0 Å². The summed E-state index contributed by atoms with van der Waals surface area (Å²) in [6.07, 6.45) is 0. The van der Waals surface area contributed by atoms with Crippen molar-refractivity contribution in [3.05, 3.63) is 29.6 Å². The summed E-state index contributed by atoms with van der Waals surface area (Å²) in [5, 5.41) is 10.0. The number of benzene rings is 1. The normalized spacial score (nSPS) is 11.5. The molecule has 0 saturated heterocycles. The highest BCUT2D eigenvalue weighted by Gasteiger charge is 2.23. The van der Waals surface area contributed by atoms with Crippen molar-refractivity contribution in [3.63, 3.8) is 0 Å². The van der Waals surface area contributed by atoms with Crippen molar-refractivity contribution in [1.82, 2.24) is 4.72 Å². The first-order valence-corrected chi connectivity index (χ1v) is 5.57. The van der Waals surface area contributed by atoms with Crippen molar-refractivity contribution >= 4 is 16.0 Å². The Morgan fingerprint density at radius 3 is 2.35 bits per heavy atom. The van der Waals surface area contributed by atoms with Gasteiger partial charge < -0.3 is 9.90 Å². The van der Waals surface area contributed by atoms with Gasteiger partial charge in [-0.25, -0.2) is 26.3 Å². The molecule has 0 amide bonds. The number of carbonyl (C=O) groups excluding carboxylic acids is 1.